The highest BCUT2D eigenvalue weighted by atomic mass is 32.1. The number of piperidine rings is 1. The minimum atomic E-state index is 0.0987. The molecular formula is C19H22N4O3S. The number of rotatable bonds is 5. The van der Waals surface area contributed by atoms with Crippen molar-refractivity contribution in [1.29, 1.82) is 0 Å². The maximum Gasteiger partial charge on any atom is 0.248 e. The van der Waals surface area contributed by atoms with Crippen molar-refractivity contribution in [3.63, 3.8) is 0 Å². The number of hydrogen-bond donors (Lipinski definition) is 0. The molecule has 8 heteroatoms. The summed E-state index contributed by atoms with van der Waals surface area (Å²) in [5.41, 5.74) is 2.85. The predicted molar refractivity (Wildman–Crippen MR) is 100 cm³/mol. The van der Waals surface area contributed by atoms with Crippen molar-refractivity contribution >= 4 is 17.2 Å². The van der Waals surface area contributed by atoms with E-state index < -0.39 is 0 Å². The third-order valence-corrected chi connectivity index (χ3v) is 5.79. The standard InChI is InChI=1S/C19H22N4O3S/c1-12-16(13(2)26-22-12)5-6-17(24)23-8-3-4-14(10-23)18-20-21-19(25-18)15-7-9-27-11-15/h7,9,11,14H,3-6,8,10H2,1-2H3. The summed E-state index contributed by atoms with van der Waals surface area (Å²) in [5.74, 6) is 2.22. The number of nitrogens with zero attached hydrogens (tertiary/aromatic N) is 4. The average molecular weight is 386 g/mol. The molecule has 1 aliphatic heterocycles. The zero-order valence-corrected chi connectivity index (χ0v) is 16.3. The molecule has 1 fully saturated rings. The summed E-state index contributed by atoms with van der Waals surface area (Å²) in [5, 5.41) is 16.3. The quantitative estimate of drug-likeness (QED) is 0.664. The molecular weight excluding hydrogens is 364 g/mol. The molecule has 0 radical (unpaired) electrons. The van der Waals surface area contributed by atoms with Crippen LogP contribution in [0.5, 0.6) is 0 Å². The molecule has 0 bridgehead atoms. The zero-order chi connectivity index (χ0) is 18.8. The molecule has 1 saturated heterocycles. The number of hydrogen-bond acceptors (Lipinski definition) is 7. The van der Waals surface area contributed by atoms with Gasteiger partial charge < -0.3 is 13.8 Å². The number of likely N-dealkylation sites (tertiary alicyclic amines) is 1. The van der Waals surface area contributed by atoms with Crippen molar-refractivity contribution in [2.75, 3.05) is 13.1 Å². The summed E-state index contributed by atoms with van der Waals surface area (Å²) in [6, 6.07) is 1.97. The van der Waals surface area contributed by atoms with Crippen LogP contribution in [-0.4, -0.2) is 39.3 Å². The second kappa shape index (κ2) is 7.64. The lowest BCUT2D eigenvalue weighted by atomic mass is 9.97. The van der Waals surface area contributed by atoms with Crippen LogP contribution < -0.4 is 0 Å². The Balaban J connectivity index is 1.38. The van der Waals surface area contributed by atoms with Crippen molar-refractivity contribution in [2.24, 2.45) is 0 Å². The molecule has 3 aromatic heterocycles. The molecule has 142 valence electrons. The van der Waals surface area contributed by atoms with Gasteiger partial charge in [-0.25, -0.2) is 0 Å². The number of thiophene rings is 1. The summed E-state index contributed by atoms with van der Waals surface area (Å²) in [6.07, 6.45) is 3.01. The van der Waals surface area contributed by atoms with Gasteiger partial charge in [-0.05, 0) is 44.6 Å². The Morgan fingerprint density at radius 1 is 1.37 bits per heavy atom. The van der Waals surface area contributed by atoms with Gasteiger partial charge in [0.2, 0.25) is 17.7 Å². The molecule has 4 heterocycles. The monoisotopic (exact) mass is 386 g/mol. The van der Waals surface area contributed by atoms with Crippen molar-refractivity contribution < 1.29 is 13.7 Å². The molecule has 1 unspecified atom stereocenters. The van der Waals surface area contributed by atoms with Crippen LogP contribution in [0.1, 0.15) is 48.1 Å². The van der Waals surface area contributed by atoms with Crippen LogP contribution in [0, 0.1) is 13.8 Å². The van der Waals surface area contributed by atoms with E-state index in [9.17, 15) is 4.79 Å². The average Bonchev–Trinajstić information content (AvgIpc) is 3.42. The van der Waals surface area contributed by atoms with Gasteiger partial charge >= 0.3 is 0 Å². The van der Waals surface area contributed by atoms with E-state index in [0.717, 1.165) is 42.0 Å². The van der Waals surface area contributed by atoms with Gasteiger partial charge in [0.05, 0.1) is 11.6 Å². The summed E-state index contributed by atoms with van der Waals surface area (Å²) in [4.78, 5) is 14.6. The van der Waals surface area contributed by atoms with E-state index in [1.807, 2.05) is 35.6 Å². The van der Waals surface area contributed by atoms with Crippen LogP contribution in [0.4, 0.5) is 0 Å². The number of aromatic nitrogens is 3. The van der Waals surface area contributed by atoms with Crippen LogP contribution in [0.2, 0.25) is 0 Å². The molecule has 0 N–H and O–H groups in total. The molecule has 3 aromatic rings. The third kappa shape index (κ3) is 3.80. The summed E-state index contributed by atoms with van der Waals surface area (Å²) >= 11 is 1.60. The molecule has 4 rings (SSSR count). The van der Waals surface area contributed by atoms with Crippen molar-refractivity contribution in [3.8, 4) is 11.5 Å². The summed E-state index contributed by atoms with van der Waals surface area (Å²) in [6.45, 7) is 5.21. The molecule has 1 aliphatic rings. The Labute approximate surface area is 161 Å². The second-order valence-corrected chi connectivity index (χ2v) is 7.72. The molecule has 0 saturated carbocycles. The first-order valence-electron chi connectivity index (χ1n) is 9.17. The third-order valence-electron chi connectivity index (χ3n) is 5.10. The Kier molecular flexibility index (Phi) is 5.07. The van der Waals surface area contributed by atoms with Crippen LogP contribution in [0.25, 0.3) is 11.5 Å². The Morgan fingerprint density at radius 2 is 2.26 bits per heavy atom. The lowest BCUT2D eigenvalue weighted by Gasteiger charge is -2.31. The van der Waals surface area contributed by atoms with Crippen LogP contribution in [0.15, 0.2) is 25.8 Å². The van der Waals surface area contributed by atoms with Crippen molar-refractivity contribution in [3.05, 3.63) is 39.7 Å². The Hall–Kier alpha value is -2.48. The number of aryl methyl sites for hydroxylation is 2. The molecule has 0 aliphatic carbocycles. The molecule has 1 atom stereocenters. The van der Waals surface area contributed by atoms with E-state index in [4.69, 9.17) is 8.94 Å². The van der Waals surface area contributed by atoms with Gasteiger partial charge in [0.1, 0.15) is 5.76 Å². The second-order valence-electron chi connectivity index (χ2n) is 6.94. The number of amides is 1. The zero-order valence-electron chi connectivity index (χ0n) is 15.5. The van der Waals surface area contributed by atoms with Gasteiger partial charge in [-0.1, -0.05) is 5.16 Å². The smallest absolute Gasteiger partial charge is 0.248 e. The largest absolute Gasteiger partial charge is 0.420 e. The van der Waals surface area contributed by atoms with E-state index in [1.54, 1.807) is 11.3 Å². The molecule has 27 heavy (non-hydrogen) atoms. The lowest BCUT2D eigenvalue weighted by Crippen LogP contribution is -2.39. The minimum Gasteiger partial charge on any atom is -0.420 e. The van der Waals surface area contributed by atoms with E-state index in [1.165, 1.54) is 0 Å². The van der Waals surface area contributed by atoms with Crippen molar-refractivity contribution in [1.82, 2.24) is 20.3 Å². The van der Waals surface area contributed by atoms with Gasteiger partial charge in [0, 0.05) is 36.0 Å². The van der Waals surface area contributed by atoms with Gasteiger partial charge in [0.15, 0.2) is 0 Å². The maximum atomic E-state index is 12.7. The summed E-state index contributed by atoms with van der Waals surface area (Å²) < 4.78 is 11.1. The van der Waals surface area contributed by atoms with Gasteiger partial charge in [-0.3, -0.25) is 4.79 Å². The fourth-order valence-electron chi connectivity index (χ4n) is 3.56. The van der Waals surface area contributed by atoms with E-state index in [-0.39, 0.29) is 11.8 Å². The highest BCUT2D eigenvalue weighted by Crippen LogP contribution is 2.29. The Morgan fingerprint density at radius 3 is 3.00 bits per heavy atom. The van der Waals surface area contributed by atoms with Crippen molar-refractivity contribution in [2.45, 2.75) is 45.4 Å². The highest BCUT2D eigenvalue weighted by molar-refractivity contribution is 7.08. The first kappa shape index (κ1) is 17.9. The topological polar surface area (TPSA) is 85.3 Å². The van der Waals surface area contributed by atoms with Gasteiger partial charge in [-0.2, -0.15) is 11.3 Å². The maximum absolute atomic E-state index is 12.7. The fourth-order valence-corrected chi connectivity index (χ4v) is 4.19. The summed E-state index contributed by atoms with van der Waals surface area (Å²) in [7, 11) is 0. The Bertz CT molecular complexity index is 896. The van der Waals surface area contributed by atoms with Gasteiger partial charge in [-0.15, -0.1) is 10.2 Å². The van der Waals surface area contributed by atoms with E-state index >= 15 is 0 Å². The molecule has 1 amide bonds. The van der Waals surface area contributed by atoms with Crippen LogP contribution >= 0.6 is 11.3 Å². The van der Waals surface area contributed by atoms with E-state index in [0.29, 0.717) is 31.2 Å². The van der Waals surface area contributed by atoms with E-state index in [2.05, 4.69) is 15.4 Å². The lowest BCUT2D eigenvalue weighted by molar-refractivity contribution is -0.132. The van der Waals surface area contributed by atoms with Gasteiger partial charge in [0.25, 0.3) is 0 Å². The molecule has 0 aromatic carbocycles. The van der Waals surface area contributed by atoms with Crippen LogP contribution in [0.3, 0.4) is 0 Å². The SMILES string of the molecule is Cc1noc(C)c1CCC(=O)N1CCCC(c2nnc(-c3ccsc3)o2)C1. The fraction of sp³-hybridized carbons (Fsp3) is 0.474. The number of carbonyl (C=O) groups is 1. The minimum absolute atomic E-state index is 0.0987. The normalized spacial score (nSPS) is 17.4. The first-order valence-corrected chi connectivity index (χ1v) is 10.1. The first-order chi connectivity index (χ1) is 13.1. The van der Waals surface area contributed by atoms with Crippen LogP contribution in [-0.2, 0) is 11.2 Å². The molecule has 7 nitrogen and oxygen atoms in total. The number of carbonyl (C=O) groups excluding carboxylic acids is 1. The molecule has 0 spiro atoms. The highest BCUT2D eigenvalue weighted by Gasteiger charge is 2.28. The predicted octanol–water partition coefficient (Wildman–Crippen LogP) is 3.74.